The molecule has 0 saturated carbocycles. The third-order valence-corrected chi connectivity index (χ3v) is 7.73. The zero-order chi connectivity index (χ0) is 28.8. The van der Waals surface area contributed by atoms with Crippen molar-refractivity contribution < 1.29 is 9.59 Å². The van der Waals surface area contributed by atoms with E-state index in [2.05, 4.69) is 106 Å². The van der Waals surface area contributed by atoms with Gasteiger partial charge >= 0.3 is 0 Å². The average molecular weight is 547 g/mol. The van der Waals surface area contributed by atoms with Gasteiger partial charge in [-0.1, -0.05) is 72.8 Å². The van der Waals surface area contributed by atoms with Crippen molar-refractivity contribution in [3.63, 3.8) is 0 Å². The first-order valence-corrected chi connectivity index (χ1v) is 13.6. The Kier molecular flexibility index (Phi) is 5.95. The highest BCUT2D eigenvalue weighted by molar-refractivity contribution is 6.17. The predicted octanol–water partition coefficient (Wildman–Crippen LogP) is 6.79. The van der Waals surface area contributed by atoms with Crippen LogP contribution in [0.3, 0.4) is 0 Å². The van der Waals surface area contributed by atoms with E-state index in [1.165, 1.54) is 27.9 Å². The molecule has 0 fully saturated rings. The first kappa shape index (κ1) is 25.1. The van der Waals surface area contributed by atoms with Crippen LogP contribution >= 0.6 is 0 Å². The van der Waals surface area contributed by atoms with Crippen LogP contribution in [0.25, 0.3) is 61.1 Å². The van der Waals surface area contributed by atoms with E-state index in [0.29, 0.717) is 0 Å². The van der Waals surface area contributed by atoms with Crippen molar-refractivity contribution in [2.45, 2.75) is 0 Å². The standard InChI is InChI=1S/C36H26N4O2/c37-35(41)29(36(38)42)12-7-8-23-16-21-34-30(22-23)28-11-3-6-15-33(28)40(34)25-19-17-24(18-20-25)39-31-13-4-1-9-26(31)27-10-2-5-14-32(27)39/h1-22H,(H2,37,41)(H2,38,42)/b8-7+. The predicted molar refractivity (Wildman–Crippen MR) is 171 cm³/mol. The van der Waals surface area contributed by atoms with Gasteiger partial charge in [0.2, 0.25) is 0 Å². The molecule has 0 aliphatic carbocycles. The Morgan fingerprint density at radius 1 is 0.524 bits per heavy atom. The number of nitrogens with zero attached hydrogens (tertiary/aromatic N) is 2. The third-order valence-electron chi connectivity index (χ3n) is 7.73. The number of nitrogens with two attached hydrogens (primary N) is 2. The molecule has 0 radical (unpaired) electrons. The largest absolute Gasteiger partial charge is 0.365 e. The normalized spacial score (nSPS) is 11.6. The van der Waals surface area contributed by atoms with Crippen LogP contribution in [0.2, 0.25) is 0 Å². The quantitative estimate of drug-likeness (QED) is 0.104. The Morgan fingerprint density at radius 2 is 0.952 bits per heavy atom. The molecule has 2 heterocycles. The molecule has 42 heavy (non-hydrogen) atoms. The van der Waals surface area contributed by atoms with E-state index in [1.807, 2.05) is 24.3 Å². The molecule has 0 spiro atoms. The Labute approximate surface area is 241 Å². The summed E-state index contributed by atoms with van der Waals surface area (Å²) >= 11 is 0. The van der Waals surface area contributed by atoms with Crippen molar-refractivity contribution in [2.24, 2.45) is 11.5 Å². The molecule has 7 rings (SSSR count). The lowest BCUT2D eigenvalue weighted by atomic mass is 10.1. The van der Waals surface area contributed by atoms with Gasteiger partial charge in [-0.15, -0.1) is 0 Å². The van der Waals surface area contributed by atoms with Crippen molar-refractivity contribution in [2.75, 3.05) is 0 Å². The molecule has 7 aromatic rings. The lowest BCUT2D eigenvalue weighted by Crippen LogP contribution is -2.25. The van der Waals surface area contributed by atoms with E-state index < -0.39 is 11.8 Å². The number of amides is 2. The average Bonchev–Trinajstić information content (AvgIpc) is 3.52. The number of carbonyl (C=O) groups excluding carboxylic acids is 2. The monoisotopic (exact) mass is 546 g/mol. The fourth-order valence-electron chi connectivity index (χ4n) is 5.86. The van der Waals surface area contributed by atoms with Crippen molar-refractivity contribution in [3.8, 4) is 11.4 Å². The first-order chi connectivity index (χ1) is 20.5. The molecular weight excluding hydrogens is 520 g/mol. The maximum absolute atomic E-state index is 11.5. The minimum atomic E-state index is -0.852. The molecule has 0 atom stereocenters. The van der Waals surface area contributed by atoms with Gasteiger partial charge in [-0.25, -0.2) is 0 Å². The number of benzene rings is 5. The van der Waals surface area contributed by atoms with Crippen molar-refractivity contribution in [3.05, 3.63) is 139 Å². The molecule has 6 nitrogen and oxygen atoms in total. The Balaban J connectivity index is 1.33. The molecule has 2 aromatic heterocycles. The summed E-state index contributed by atoms with van der Waals surface area (Å²) in [4.78, 5) is 22.9. The summed E-state index contributed by atoms with van der Waals surface area (Å²) < 4.78 is 4.58. The van der Waals surface area contributed by atoms with E-state index in [9.17, 15) is 9.59 Å². The van der Waals surface area contributed by atoms with Crippen LogP contribution in [0.5, 0.6) is 0 Å². The molecule has 0 aliphatic rings. The highest BCUT2D eigenvalue weighted by Gasteiger charge is 2.15. The summed E-state index contributed by atoms with van der Waals surface area (Å²) in [5.74, 6) is -1.70. The van der Waals surface area contributed by atoms with Crippen molar-refractivity contribution >= 4 is 61.5 Å². The number of hydrogen-bond acceptors (Lipinski definition) is 2. The number of fused-ring (bicyclic) bond motifs is 6. The molecular formula is C36H26N4O2. The second kappa shape index (κ2) is 9.94. The van der Waals surface area contributed by atoms with Gasteiger partial charge in [0.25, 0.3) is 11.8 Å². The summed E-state index contributed by atoms with van der Waals surface area (Å²) in [6.07, 6.45) is 4.77. The second-order valence-corrected chi connectivity index (χ2v) is 10.2. The zero-order valence-corrected chi connectivity index (χ0v) is 22.6. The Hall–Kier alpha value is -5.88. The summed E-state index contributed by atoms with van der Waals surface area (Å²) in [6.45, 7) is 0. The van der Waals surface area contributed by atoms with Crippen LogP contribution < -0.4 is 11.5 Å². The van der Waals surface area contributed by atoms with Gasteiger partial charge in [0.05, 0.1) is 22.1 Å². The lowest BCUT2D eigenvalue weighted by molar-refractivity contribution is -0.120. The van der Waals surface area contributed by atoms with Crippen molar-refractivity contribution in [1.82, 2.24) is 9.13 Å². The third kappa shape index (κ3) is 4.05. The number of allylic oxidation sites excluding steroid dienone is 2. The number of hydrogen-bond donors (Lipinski definition) is 2. The minimum absolute atomic E-state index is 0.242. The maximum atomic E-state index is 11.5. The fourth-order valence-corrected chi connectivity index (χ4v) is 5.86. The highest BCUT2D eigenvalue weighted by Crippen LogP contribution is 2.35. The summed E-state index contributed by atoms with van der Waals surface area (Å²) in [6, 6.07) is 40.2. The number of aromatic nitrogens is 2. The molecule has 4 N–H and O–H groups in total. The Morgan fingerprint density at radius 3 is 1.43 bits per heavy atom. The van der Waals surface area contributed by atoms with Crippen LogP contribution in [-0.2, 0) is 9.59 Å². The lowest BCUT2D eigenvalue weighted by Gasteiger charge is -2.11. The molecule has 6 heteroatoms. The molecule has 202 valence electrons. The van der Waals surface area contributed by atoms with Crippen LogP contribution in [0, 0.1) is 0 Å². The number of para-hydroxylation sites is 3. The smallest absolute Gasteiger partial charge is 0.254 e. The summed E-state index contributed by atoms with van der Waals surface area (Å²) in [7, 11) is 0. The van der Waals surface area contributed by atoms with Gasteiger partial charge < -0.3 is 20.6 Å². The van der Waals surface area contributed by atoms with E-state index in [-0.39, 0.29) is 5.57 Å². The number of rotatable bonds is 6. The number of primary amides is 2. The van der Waals surface area contributed by atoms with Gasteiger partial charge in [0, 0.05) is 32.9 Å². The van der Waals surface area contributed by atoms with Gasteiger partial charge in [0.15, 0.2) is 0 Å². The molecule has 0 bridgehead atoms. The molecule has 0 saturated heterocycles. The molecule has 0 unspecified atom stereocenters. The molecule has 2 amide bonds. The number of carbonyl (C=O) groups is 2. The van der Waals surface area contributed by atoms with Gasteiger partial charge in [0.1, 0.15) is 5.57 Å². The topological polar surface area (TPSA) is 96.0 Å². The SMILES string of the molecule is NC(=O)C(=C/C=C/c1ccc2c(c1)c1ccccc1n2-c1ccc(-n2c3ccccc3c3ccccc32)cc1)C(N)=O. The van der Waals surface area contributed by atoms with E-state index in [0.717, 1.165) is 38.7 Å². The van der Waals surface area contributed by atoms with Gasteiger partial charge in [-0.2, -0.15) is 0 Å². The van der Waals surface area contributed by atoms with Crippen molar-refractivity contribution in [1.29, 1.82) is 0 Å². The summed E-state index contributed by atoms with van der Waals surface area (Å²) in [5.41, 5.74) is 17.9. The van der Waals surface area contributed by atoms with Crippen LogP contribution in [0.1, 0.15) is 5.56 Å². The van der Waals surface area contributed by atoms with E-state index in [1.54, 1.807) is 6.08 Å². The maximum Gasteiger partial charge on any atom is 0.254 e. The second-order valence-electron chi connectivity index (χ2n) is 10.2. The zero-order valence-electron chi connectivity index (χ0n) is 22.6. The first-order valence-electron chi connectivity index (χ1n) is 13.6. The van der Waals surface area contributed by atoms with E-state index >= 15 is 0 Å². The van der Waals surface area contributed by atoms with E-state index in [4.69, 9.17) is 11.5 Å². The molecule has 0 aliphatic heterocycles. The van der Waals surface area contributed by atoms with Crippen LogP contribution in [-0.4, -0.2) is 20.9 Å². The summed E-state index contributed by atoms with van der Waals surface area (Å²) in [5, 5.41) is 4.69. The van der Waals surface area contributed by atoms with Crippen LogP contribution in [0.4, 0.5) is 0 Å². The van der Waals surface area contributed by atoms with Gasteiger partial charge in [-0.05, 0) is 66.2 Å². The molecule has 5 aromatic carbocycles. The fraction of sp³-hybridized carbons (Fsp3) is 0. The minimum Gasteiger partial charge on any atom is -0.365 e. The highest BCUT2D eigenvalue weighted by atomic mass is 16.2. The Bertz CT molecular complexity index is 2180. The van der Waals surface area contributed by atoms with Gasteiger partial charge in [-0.3, -0.25) is 9.59 Å². The van der Waals surface area contributed by atoms with Crippen LogP contribution in [0.15, 0.2) is 133 Å².